The quantitative estimate of drug-likeness (QED) is 0.585. The number of rotatable bonds is 4. The molecule has 154 valence electrons. The zero-order valence-electron chi connectivity index (χ0n) is 15.4. The van der Waals surface area contributed by atoms with Crippen molar-refractivity contribution in [2.75, 3.05) is 5.32 Å². The van der Waals surface area contributed by atoms with E-state index in [0.29, 0.717) is 16.8 Å². The molecule has 0 unspecified atom stereocenters. The number of anilines is 1. The summed E-state index contributed by atoms with van der Waals surface area (Å²) >= 11 is 5.93. The van der Waals surface area contributed by atoms with Gasteiger partial charge in [-0.1, -0.05) is 41.9 Å². The summed E-state index contributed by atoms with van der Waals surface area (Å²) < 4.78 is 45.8. The van der Waals surface area contributed by atoms with E-state index in [2.05, 4.69) is 10.0 Å². The highest BCUT2D eigenvalue weighted by Gasteiger charge is 2.29. The predicted molar refractivity (Wildman–Crippen MR) is 110 cm³/mol. The van der Waals surface area contributed by atoms with E-state index in [1.165, 1.54) is 18.2 Å². The molecule has 0 aromatic heterocycles. The Labute approximate surface area is 177 Å². The van der Waals surface area contributed by atoms with Gasteiger partial charge in [0.25, 0.3) is 0 Å². The first-order valence-corrected chi connectivity index (χ1v) is 10.8. The number of halogens is 2. The van der Waals surface area contributed by atoms with E-state index in [1.54, 1.807) is 42.5 Å². The molecule has 1 atom stereocenters. The van der Waals surface area contributed by atoms with Gasteiger partial charge in [-0.05, 0) is 42.0 Å². The fourth-order valence-electron chi connectivity index (χ4n) is 3.05. The molecule has 1 aliphatic heterocycles. The molecule has 30 heavy (non-hydrogen) atoms. The van der Waals surface area contributed by atoms with Crippen LogP contribution in [0.3, 0.4) is 0 Å². The van der Waals surface area contributed by atoms with Crippen LogP contribution in [-0.4, -0.2) is 14.4 Å². The summed E-state index contributed by atoms with van der Waals surface area (Å²) in [6.45, 7) is -0.0968. The molecule has 2 N–H and O–H groups in total. The van der Waals surface area contributed by atoms with E-state index in [-0.39, 0.29) is 22.1 Å². The van der Waals surface area contributed by atoms with Gasteiger partial charge in [-0.25, -0.2) is 17.6 Å². The van der Waals surface area contributed by atoms with Gasteiger partial charge in [0, 0.05) is 5.56 Å². The van der Waals surface area contributed by atoms with Crippen LogP contribution < -0.4 is 10.0 Å². The number of para-hydroxylation sites is 1. The molecule has 0 aliphatic carbocycles. The van der Waals surface area contributed by atoms with Crippen LogP contribution >= 0.6 is 11.6 Å². The molecule has 0 fully saturated rings. The second-order valence-electron chi connectivity index (χ2n) is 6.63. The van der Waals surface area contributed by atoms with Gasteiger partial charge in [0.05, 0.1) is 16.3 Å². The second-order valence-corrected chi connectivity index (χ2v) is 8.72. The van der Waals surface area contributed by atoms with E-state index in [0.717, 1.165) is 6.07 Å². The molecule has 6 nitrogen and oxygen atoms in total. The van der Waals surface area contributed by atoms with Crippen LogP contribution in [0.25, 0.3) is 0 Å². The van der Waals surface area contributed by atoms with Crippen LogP contribution in [0.2, 0.25) is 5.02 Å². The van der Waals surface area contributed by atoms with Crippen LogP contribution in [0, 0.1) is 5.82 Å². The first-order chi connectivity index (χ1) is 14.3. The molecule has 0 amide bonds. The fraction of sp³-hybridized carbons (Fsp3) is 0.0952. The molecule has 0 bridgehead atoms. The lowest BCUT2D eigenvalue weighted by Crippen LogP contribution is -2.38. The molecular formula is C21H16ClFN2O4S. The van der Waals surface area contributed by atoms with Crippen molar-refractivity contribution < 1.29 is 22.3 Å². The number of carbonyl (C=O) groups excluding carboxylic acids is 1. The summed E-state index contributed by atoms with van der Waals surface area (Å²) in [5.74, 6) is -1.05. The third-order valence-corrected chi connectivity index (χ3v) is 6.44. The number of fused-ring (bicyclic) bond motifs is 1. The van der Waals surface area contributed by atoms with Gasteiger partial charge in [-0.15, -0.1) is 0 Å². The SMILES string of the molecule is O=C(OCc1ccc(F)cc1Cl)c1ccc([C@@H]2Nc3ccccc3S(=O)(=O)N2)cc1. The Kier molecular flexibility index (Phi) is 5.46. The fourth-order valence-corrected chi connectivity index (χ4v) is 4.58. The topological polar surface area (TPSA) is 84.5 Å². The van der Waals surface area contributed by atoms with Crippen molar-refractivity contribution in [3.05, 3.63) is 94.3 Å². The Balaban J connectivity index is 1.46. The smallest absolute Gasteiger partial charge is 0.338 e. The summed E-state index contributed by atoms with van der Waals surface area (Å²) in [5, 5.41) is 3.30. The number of carbonyl (C=O) groups is 1. The summed E-state index contributed by atoms with van der Waals surface area (Å²) in [5.41, 5.74) is 1.91. The van der Waals surface area contributed by atoms with E-state index < -0.39 is 28.0 Å². The maximum absolute atomic E-state index is 13.1. The van der Waals surface area contributed by atoms with Gasteiger partial charge in [0.1, 0.15) is 23.5 Å². The highest BCUT2D eigenvalue weighted by Crippen LogP contribution is 2.30. The first kappa shape index (κ1) is 20.3. The Hall–Kier alpha value is -2.94. The van der Waals surface area contributed by atoms with Crippen molar-refractivity contribution >= 4 is 33.3 Å². The van der Waals surface area contributed by atoms with Crippen molar-refractivity contribution in [1.29, 1.82) is 0 Å². The average Bonchev–Trinajstić information content (AvgIpc) is 2.72. The molecular weight excluding hydrogens is 431 g/mol. The Morgan fingerprint density at radius 3 is 2.53 bits per heavy atom. The highest BCUT2D eigenvalue weighted by atomic mass is 35.5. The van der Waals surface area contributed by atoms with E-state index in [4.69, 9.17) is 16.3 Å². The number of esters is 1. The summed E-state index contributed by atoms with van der Waals surface area (Å²) in [6.07, 6.45) is -0.673. The first-order valence-electron chi connectivity index (χ1n) is 8.92. The van der Waals surface area contributed by atoms with E-state index in [9.17, 15) is 17.6 Å². The van der Waals surface area contributed by atoms with E-state index in [1.807, 2.05) is 0 Å². The number of hydrogen-bond acceptors (Lipinski definition) is 5. The molecule has 0 spiro atoms. The van der Waals surface area contributed by atoms with Crippen LogP contribution in [-0.2, 0) is 21.4 Å². The summed E-state index contributed by atoms with van der Waals surface area (Å²) in [4.78, 5) is 12.5. The number of nitrogens with one attached hydrogen (secondary N) is 2. The van der Waals surface area contributed by atoms with Crippen LogP contribution in [0.4, 0.5) is 10.1 Å². The van der Waals surface area contributed by atoms with Crippen LogP contribution in [0.5, 0.6) is 0 Å². The minimum absolute atomic E-state index is 0.0968. The van der Waals surface area contributed by atoms with Crippen LogP contribution in [0.1, 0.15) is 27.7 Å². The summed E-state index contributed by atoms with van der Waals surface area (Å²) in [6, 6.07) is 16.8. The van der Waals surface area contributed by atoms with Gasteiger partial charge in [0.2, 0.25) is 10.0 Å². The lowest BCUT2D eigenvalue weighted by atomic mass is 10.1. The molecule has 0 saturated carbocycles. The highest BCUT2D eigenvalue weighted by molar-refractivity contribution is 7.89. The molecule has 1 aliphatic rings. The van der Waals surface area contributed by atoms with Gasteiger partial charge in [-0.3, -0.25) is 0 Å². The largest absolute Gasteiger partial charge is 0.457 e. The number of ether oxygens (including phenoxy) is 1. The zero-order valence-corrected chi connectivity index (χ0v) is 17.0. The number of benzene rings is 3. The minimum Gasteiger partial charge on any atom is -0.457 e. The van der Waals surface area contributed by atoms with Crippen molar-refractivity contribution in [2.45, 2.75) is 17.7 Å². The van der Waals surface area contributed by atoms with Crippen LogP contribution in [0.15, 0.2) is 71.6 Å². The second kappa shape index (κ2) is 8.06. The molecule has 3 aromatic carbocycles. The van der Waals surface area contributed by atoms with Crippen molar-refractivity contribution in [2.24, 2.45) is 0 Å². The normalized spacial score (nSPS) is 16.9. The molecule has 4 rings (SSSR count). The van der Waals surface area contributed by atoms with Gasteiger partial charge < -0.3 is 10.1 Å². The third-order valence-electron chi connectivity index (χ3n) is 4.60. The Morgan fingerprint density at radius 1 is 1.07 bits per heavy atom. The molecule has 9 heteroatoms. The van der Waals surface area contributed by atoms with Crippen molar-refractivity contribution in [3.8, 4) is 0 Å². The van der Waals surface area contributed by atoms with Crippen molar-refractivity contribution in [1.82, 2.24) is 4.72 Å². The maximum atomic E-state index is 13.1. The standard InChI is InChI=1S/C21H16ClFN2O4S/c22-17-11-16(23)10-9-15(17)12-29-21(26)14-7-5-13(6-8-14)20-24-18-3-1-2-4-19(18)30(27,28)25-20/h1-11,20,24-25H,12H2/t20-/m1/s1. The molecule has 0 saturated heterocycles. The lowest BCUT2D eigenvalue weighted by Gasteiger charge is -2.28. The number of hydrogen-bond donors (Lipinski definition) is 2. The molecule has 3 aromatic rings. The molecule has 1 heterocycles. The summed E-state index contributed by atoms with van der Waals surface area (Å²) in [7, 11) is -3.66. The molecule has 0 radical (unpaired) electrons. The van der Waals surface area contributed by atoms with Gasteiger partial charge >= 0.3 is 5.97 Å². The Morgan fingerprint density at radius 2 is 1.80 bits per heavy atom. The van der Waals surface area contributed by atoms with Gasteiger partial charge in [0.15, 0.2) is 0 Å². The van der Waals surface area contributed by atoms with Gasteiger partial charge in [-0.2, -0.15) is 4.72 Å². The lowest BCUT2D eigenvalue weighted by molar-refractivity contribution is 0.0473. The maximum Gasteiger partial charge on any atom is 0.338 e. The predicted octanol–water partition coefficient (Wildman–Crippen LogP) is 4.24. The van der Waals surface area contributed by atoms with E-state index >= 15 is 0 Å². The minimum atomic E-state index is -3.66. The monoisotopic (exact) mass is 446 g/mol. The number of sulfonamides is 1. The Bertz CT molecular complexity index is 1220. The zero-order chi connectivity index (χ0) is 21.3. The third kappa shape index (κ3) is 4.16. The van der Waals surface area contributed by atoms with Crippen molar-refractivity contribution in [3.63, 3.8) is 0 Å². The average molecular weight is 447 g/mol.